The summed E-state index contributed by atoms with van der Waals surface area (Å²) < 4.78 is 19.2. The van der Waals surface area contributed by atoms with Crippen molar-refractivity contribution in [3.8, 4) is 17.2 Å². The number of nitrogens with one attached hydrogen (secondary N) is 1. The van der Waals surface area contributed by atoms with Crippen LogP contribution >= 0.6 is 0 Å². The highest BCUT2D eigenvalue weighted by atomic mass is 16.5. The van der Waals surface area contributed by atoms with Crippen LogP contribution < -0.4 is 14.8 Å². The van der Waals surface area contributed by atoms with E-state index in [2.05, 4.69) is 41.8 Å². The molecule has 1 saturated carbocycles. The van der Waals surface area contributed by atoms with Gasteiger partial charge >= 0.3 is 0 Å². The van der Waals surface area contributed by atoms with Crippen molar-refractivity contribution >= 4 is 28.3 Å². The molecule has 2 heterocycles. The predicted molar refractivity (Wildman–Crippen MR) is 162 cm³/mol. The molecule has 0 unspecified atom stereocenters. The molecule has 1 N–H and O–H groups in total. The second-order valence-corrected chi connectivity index (χ2v) is 11.8. The number of carbonyl (C=O) groups excluding carboxylic acids is 2. The Labute approximate surface area is 246 Å². The Morgan fingerprint density at radius 1 is 1.00 bits per heavy atom. The maximum absolute atomic E-state index is 13.1. The van der Waals surface area contributed by atoms with Gasteiger partial charge in [-0.25, -0.2) is 0 Å². The van der Waals surface area contributed by atoms with E-state index in [1.807, 2.05) is 24.3 Å². The zero-order chi connectivity index (χ0) is 29.9. The van der Waals surface area contributed by atoms with Crippen molar-refractivity contribution in [3.63, 3.8) is 0 Å². The van der Waals surface area contributed by atoms with Crippen LogP contribution in [-0.2, 0) is 32.6 Å². The standard InChI is InChI=1S/C33H38N4O5/c1-21(38)35-29-19-27-28(20-31(29)41-15-14-40-5)34-13-12-30(27)42-26-10-6-22(7-11-26)16-25(39)17-24-18-32(33(2,3)4)36-37(24)23-8-9-23/h6-7,10-13,18-20,23H,8-9,14-17H2,1-5H3,(H,35,38). The molecule has 0 radical (unpaired) electrons. The molecule has 0 saturated heterocycles. The molecule has 0 atom stereocenters. The Hall–Kier alpha value is -4.24. The smallest absolute Gasteiger partial charge is 0.221 e. The Balaban J connectivity index is 1.29. The van der Waals surface area contributed by atoms with E-state index < -0.39 is 0 Å². The van der Waals surface area contributed by atoms with Crippen molar-refractivity contribution in [2.75, 3.05) is 25.6 Å². The number of nitrogens with zero attached hydrogens (tertiary/aromatic N) is 3. The second-order valence-electron chi connectivity index (χ2n) is 11.8. The number of hydrogen-bond acceptors (Lipinski definition) is 7. The number of rotatable bonds is 12. The fourth-order valence-corrected chi connectivity index (χ4v) is 4.74. The van der Waals surface area contributed by atoms with Gasteiger partial charge in [0.15, 0.2) is 0 Å². The second kappa shape index (κ2) is 12.3. The van der Waals surface area contributed by atoms with Crippen LogP contribution in [0.25, 0.3) is 10.9 Å². The fraction of sp³-hybridized carbons (Fsp3) is 0.394. The summed E-state index contributed by atoms with van der Waals surface area (Å²) in [4.78, 5) is 29.4. The first-order valence-electron chi connectivity index (χ1n) is 14.3. The summed E-state index contributed by atoms with van der Waals surface area (Å²) in [6.45, 7) is 8.64. The normalized spacial score (nSPS) is 13.3. The van der Waals surface area contributed by atoms with Gasteiger partial charge in [-0.3, -0.25) is 19.3 Å². The van der Waals surface area contributed by atoms with E-state index in [4.69, 9.17) is 19.3 Å². The van der Waals surface area contributed by atoms with Gasteiger partial charge in [-0.15, -0.1) is 0 Å². The summed E-state index contributed by atoms with van der Waals surface area (Å²) in [7, 11) is 1.60. The number of anilines is 1. The number of methoxy groups -OCH3 is 1. The molecule has 2 aromatic carbocycles. The van der Waals surface area contributed by atoms with Gasteiger partial charge in [-0.05, 0) is 48.7 Å². The van der Waals surface area contributed by atoms with Crippen LogP contribution in [0.2, 0.25) is 0 Å². The van der Waals surface area contributed by atoms with E-state index in [-0.39, 0.29) is 17.1 Å². The van der Waals surface area contributed by atoms with Gasteiger partial charge in [-0.1, -0.05) is 32.9 Å². The molecular weight excluding hydrogens is 532 g/mol. The molecular formula is C33H38N4O5. The minimum absolute atomic E-state index is 0.0560. The highest BCUT2D eigenvalue weighted by molar-refractivity contribution is 5.97. The van der Waals surface area contributed by atoms with Crippen molar-refractivity contribution in [3.05, 3.63) is 71.7 Å². The van der Waals surface area contributed by atoms with Gasteiger partial charge in [0.25, 0.3) is 0 Å². The first-order valence-corrected chi connectivity index (χ1v) is 14.3. The fourth-order valence-electron chi connectivity index (χ4n) is 4.74. The SMILES string of the molecule is COCCOc1cc2nccc(Oc3ccc(CC(=O)Cc4cc(C(C)(C)C)nn4C4CC4)cc3)c2cc1NC(C)=O. The Kier molecular flexibility index (Phi) is 8.59. The number of pyridine rings is 1. The van der Waals surface area contributed by atoms with E-state index in [1.54, 1.807) is 31.5 Å². The maximum Gasteiger partial charge on any atom is 0.221 e. The maximum atomic E-state index is 13.1. The van der Waals surface area contributed by atoms with Crippen LogP contribution in [0.1, 0.15) is 63.5 Å². The minimum atomic E-state index is -0.214. The average Bonchev–Trinajstić information content (AvgIpc) is 3.69. The largest absolute Gasteiger partial charge is 0.489 e. The van der Waals surface area contributed by atoms with Crippen LogP contribution in [0, 0.1) is 0 Å². The number of aromatic nitrogens is 3. The third-order valence-electron chi connectivity index (χ3n) is 7.06. The number of fused-ring (bicyclic) bond motifs is 1. The molecule has 1 aliphatic carbocycles. The Bertz CT molecular complexity index is 1580. The minimum Gasteiger partial charge on any atom is -0.489 e. The Morgan fingerprint density at radius 2 is 1.76 bits per heavy atom. The van der Waals surface area contributed by atoms with Gasteiger partial charge < -0.3 is 19.5 Å². The lowest BCUT2D eigenvalue weighted by atomic mass is 9.92. The van der Waals surface area contributed by atoms with Crippen molar-refractivity contribution in [2.45, 2.75) is 64.8 Å². The van der Waals surface area contributed by atoms with Crippen molar-refractivity contribution in [1.82, 2.24) is 14.8 Å². The number of ether oxygens (including phenoxy) is 3. The van der Waals surface area contributed by atoms with E-state index in [0.717, 1.165) is 35.2 Å². The van der Waals surface area contributed by atoms with Crippen molar-refractivity contribution < 1.29 is 23.8 Å². The summed E-state index contributed by atoms with van der Waals surface area (Å²) in [5, 5.41) is 8.37. The van der Waals surface area contributed by atoms with E-state index in [9.17, 15) is 9.59 Å². The van der Waals surface area contributed by atoms with Crippen molar-refractivity contribution in [2.24, 2.45) is 0 Å². The molecule has 4 aromatic rings. The quantitative estimate of drug-likeness (QED) is 0.202. The van der Waals surface area contributed by atoms with Gasteiger partial charge in [0.05, 0.1) is 29.5 Å². The third kappa shape index (κ3) is 7.15. The van der Waals surface area contributed by atoms with Crippen molar-refractivity contribution in [1.29, 1.82) is 0 Å². The van der Waals surface area contributed by atoms with Crippen LogP contribution in [0.15, 0.2) is 54.7 Å². The molecule has 9 heteroatoms. The number of amides is 1. The summed E-state index contributed by atoms with van der Waals surface area (Å²) in [5.74, 6) is 1.65. The molecule has 1 fully saturated rings. The third-order valence-corrected chi connectivity index (χ3v) is 7.06. The van der Waals surface area contributed by atoms with Gasteiger partial charge in [0.2, 0.25) is 5.91 Å². The molecule has 5 rings (SSSR count). The highest BCUT2D eigenvalue weighted by Gasteiger charge is 2.30. The number of carbonyl (C=O) groups is 2. The predicted octanol–water partition coefficient (Wildman–Crippen LogP) is 6.19. The first kappa shape index (κ1) is 29.3. The van der Waals surface area contributed by atoms with E-state index in [0.29, 0.717) is 60.5 Å². The molecule has 1 aliphatic rings. The molecule has 1 amide bonds. The molecule has 220 valence electrons. The Morgan fingerprint density at radius 3 is 2.43 bits per heavy atom. The van der Waals surface area contributed by atoms with E-state index in [1.165, 1.54) is 6.92 Å². The van der Waals surface area contributed by atoms with E-state index >= 15 is 0 Å². The lowest BCUT2D eigenvalue weighted by Crippen LogP contribution is -2.13. The zero-order valence-electron chi connectivity index (χ0n) is 24.9. The highest BCUT2D eigenvalue weighted by Crippen LogP contribution is 2.38. The van der Waals surface area contributed by atoms with Gasteiger partial charge in [0, 0.05) is 55.6 Å². The topological polar surface area (TPSA) is 105 Å². The van der Waals surface area contributed by atoms with Crippen LogP contribution in [0.3, 0.4) is 0 Å². The summed E-state index contributed by atoms with van der Waals surface area (Å²) in [6.07, 6.45) is 4.62. The summed E-state index contributed by atoms with van der Waals surface area (Å²) in [5.41, 5.74) is 4.08. The number of benzene rings is 2. The van der Waals surface area contributed by atoms with Crippen LogP contribution in [0.4, 0.5) is 5.69 Å². The number of ketones is 1. The molecule has 42 heavy (non-hydrogen) atoms. The van der Waals surface area contributed by atoms with Crippen LogP contribution in [-0.4, -0.2) is 46.8 Å². The van der Waals surface area contributed by atoms with Crippen LogP contribution in [0.5, 0.6) is 17.2 Å². The molecule has 0 aliphatic heterocycles. The van der Waals surface area contributed by atoms with Gasteiger partial charge in [-0.2, -0.15) is 5.10 Å². The molecule has 2 aromatic heterocycles. The lowest BCUT2D eigenvalue weighted by Gasteiger charge is -2.15. The van der Waals surface area contributed by atoms with Gasteiger partial charge in [0.1, 0.15) is 29.6 Å². The molecule has 9 nitrogen and oxygen atoms in total. The number of Topliss-reactive ketones (excluding diaryl/α,β-unsaturated/α-hetero) is 1. The first-order chi connectivity index (χ1) is 20.1. The summed E-state index contributed by atoms with van der Waals surface area (Å²) >= 11 is 0. The summed E-state index contributed by atoms with van der Waals surface area (Å²) in [6, 6.07) is 15.4. The molecule has 0 bridgehead atoms. The monoisotopic (exact) mass is 570 g/mol. The average molecular weight is 571 g/mol. The lowest BCUT2D eigenvalue weighted by molar-refractivity contribution is -0.118. The zero-order valence-corrected chi connectivity index (χ0v) is 24.9. The number of hydrogen-bond donors (Lipinski definition) is 1. The molecule has 0 spiro atoms.